The Balaban J connectivity index is 1.91. The van der Waals surface area contributed by atoms with Crippen LogP contribution in [0.5, 0.6) is 0 Å². The Morgan fingerprint density at radius 2 is 1.75 bits per heavy atom. The average Bonchev–Trinajstić information content (AvgIpc) is 2.29. The quantitative estimate of drug-likeness (QED) is 0.672. The van der Waals surface area contributed by atoms with E-state index in [9.17, 15) is 0 Å². The zero-order chi connectivity index (χ0) is 11.8. The van der Waals surface area contributed by atoms with Gasteiger partial charge < -0.3 is 10.2 Å². The van der Waals surface area contributed by atoms with Crippen LogP contribution in [0, 0.1) is 11.8 Å². The van der Waals surface area contributed by atoms with Crippen molar-refractivity contribution in [2.45, 2.75) is 46.5 Å². The van der Waals surface area contributed by atoms with Crippen LogP contribution in [-0.2, 0) is 0 Å². The van der Waals surface area contributed by atoms with Gasteiger partial charge in [0.2, 0.25) is 0 Å². The van der Waals surface area contributed by atoms with E-state index in [1.807, 2.05) is 0 Å². The SMILES string of the molecule is CC(C)C(C)CNCCCN1CCCCC1. The lowest BCUT2D eigenvalue weighted by Gasteiger charge is -2.26. The lowest BCUT2D eigenvalue weighted by Crippen LogP contribution is -2.33. The third kappa shape index (κ3) is 5.86. The fourth-order valence-electron chi connectivity index (χ4n) is 2.18. The van der Waals surface area contributed by atoms with Gasteiger partial charge in [-0.3, -0.25) is 0 Å². The van der Waals surface area contributed by atoms with Gasteiger partial charge in [-0.05, 0) is 63.8 Å². The van der Waals surface area contributed by atoms with Crippen LogP contribution in [0.25, 0.3) is 0 Å². The molecule has 0 aromatic carbocycles. The van der Waals surface area contributed by atoms with Gasteiger partial charge in [0.1, 0.15) is 0 Å². The summed E-state index contributed by atoms with van der Waals surface area (Å²) in [6.45, 7) is 13.3. The number of hydrogen-bond donors (Lipinski definition) is 1. The first-order chi connectivity index (χ1) is 7.70. The molecule has 1 heterocycles. The molecule has 0 bridgehead atoms. The minimum Gasteiger partial charge on any atom is -0.316 e. The molecule has 1 unspecified atom stereocenters. The van der Waals surface area contributed by atoms with Crippen molar-refractivity contribution < 1.29 is 0 Å². The van der Waals surface area contributed by atoms with Gasteiger partial charge in [-0.25, -0.2) is 0 Å². The maximum Gasteiger partial charge on any atom is -0.000664 e. The molecule has 1 saturated heterocycles. The van der Waals surface area contributed by atoms with Crippen LogP contribution in [0.15, 0.2) is 0 Å². The van der Waals surface area contributed by atoms with Gasteiger partial charge in [0.25, 0.3) is 0 Å². The summed E-state index contributed by atoms with van der Waals surface area (Å²) in [6, 6.07) is 0. The summed E-state index contributed by atoms with van der Waals surface area (Å²) >= 11 is 0. The van der Waals surface area contributed by atoms with Gasteiger partial charge >= 0.3 is 0 Å². The number of piperidine rings is 1. The maximum absolute atomic E-state index is 3.58. The Morgan fingerprint density at radius 1 is 1.06 bits per heavy atom. The third-order valence-electron chi connectivity index (χ3n) is 3.88. The van der Waals surface area contributed by atoms with E-state index in [1.54, 1.807) is 0 Å². The molecule has 1 atom stereocenters. The Labute approximate surface area is 102 Å². The first-order valence-electron chi connectivity index (χ1n) is 7.13. The Kier molecular flexibility index (Phi) is 7.06. The molecule has 0 aliphatic carbocycles. The topological polar surface area (TPSA) is 15.3 Å². The monoisotopic (exact) mass is 226 g/mol. The van der Waals surface area contributed by atoms with Crippen LogP contribution in [0.1, 0.15) is 46.5 Å². The van der Waals surface area contributed by atoms with E-state index in [-0.39, 0.29) is 0 Å². The molecule has 0 aromatic heterocycles. The molecule has 1 aliphatic rings. The van der Waals surface area contributed by atoms with Gasteiger partial charge in [0, 0.05) is 0 Å². The van der Waals surface area contributed by atoms with E-state index in [0.29, 0.717) is 0 Å². The molecule has 96 valence electrons. The van der Waals surface area contributed by atoms with Crippen molar-refractivity contribution >= 4 is 0 Å². The molecule has 0 amide bonds. The molecular formula is C14H30N2. The van der Waals surface area contributed by atoms with E-state index < -0.39 is 0 Å². The zero-order valence-corrected chi connectivity index (χ0v) is 11.5. The lowest BCUT2D eigenvalue weighted by atomic mass is 9.98. The summed E-state index contributed by atoms with van der Waals surface area (Å²) in [5.41, 5.74) is 0. The molecule has 0 spiro atoms. The maximum atomic E-state index is 3.58. The standard InChI is InChI=1S/C14H30N2/c1-13(2)14(3)12-15-8-7-11-16-9-5-4-6-10-16/h13-15H,4-12H2,1-3H3. The second-order valence-corrected chi connectivity index (χ2v) is 5.68. The molecule has 2 heteroatoms. The number of nitrogens with zero attached hydrogens (tertiary/aromatic N) is 1. The van der Waals surface area contributed by atoms with Crippen molar-refractivity contribution in [1.82, 2.24) is 10.2 Å². The van der Waals surface area contributed by atoms with Crippen LogP contribution >= 0.6 is 0 Å². The fraction of sp³-hybridized carbons (Fsp3) is 1.00. The number of likely N-dealkylation sites (tertiary alicyclic amines) is 1. The van der Waals surface area contributed by atoms with E-state index in [1.165, 1.54) is 58.4 Å². The Bertz CT molecular complexity index is 162. The molecule has 0 saturated carbocycles. The molecule has 1 aliphatic heterocycles. The van der Waals surface area contributed by atoms with Gasteiger partial charge in [-0.2, -0.15) is 0 Å². The van der Waals surface area contributed by atoms with Crippen LogP contribution in [0.3, 0.4) is 0 Å². The average molecular weight is 226 g/mol. The van der Waals surface area contributed by atoms with Gasteiger partial charge in [0.05, 0.1) is 0 Å². The molecule has 0 radical (unpaired) electrons. The summed E-state index contributed by atoms with van der Waals surface area (Å²) in [5.74, 6) is 1.60. The molecule has 1 fully saturated rings. The van der Waals surface area contributed by atoms with Crippen molar-refractivity contribution in [2.75, 3.05) is 32.7 Å². The second kappa shape index (κ2) is 8.08. The molecule has 2 nitrogen and oxygen atoms in total. The van der Waals surface area contributed by atoms with Crippen molar-refractivity contribution in [2.24, 2.45) is 11.8 Å². The second-order valence-electron chi connectivity index (χ2n) is 5.68. The first kappa shape index (κ1) is 14.0. The van der Waals surface area contributed by atoms with Crippen LogP contribution in [0.2, 0.25) is 0 Å². The van der Waals surface area contributed by atoms with Crippen LogP contribution < -0.4 is 5.32 Å². The fourth-order valence-corrected chi connectivity index (χ4v) is 2.18. The number of hydrogen-bond acceptors (Lipinski definition) is 2. The smallest absolute Gasteiger partial charge is 0.000664 e. The van der Waals surface area contributed by atoms with Crippen LogP contribution in [-0.4, -0.2) is 37.6 Å². The van der Waals surface area contributed by atoms with Crippen molar-refractivity contribution in [1.29, 1.82) is 0 Å². The minimum atomic E-state index is 0.801. The van der Waals surface area contributed by atoms with Crippen LogP contribution in [0.4, 0.5) is 0 Å². The van der Waals surface area contributed by atoms with Crippen molar-refractivity contribution in [3.63, 3.8) is 0 Å². The van der Waals surface area contributed by atoms with E-state index in [0.717, 1.165) is 11.8 Å². The predicted molar refractivity (Wildman–Crippen MR) is 71.8 cm³/mol. The molecule has 1 N–H and O–H groups in total. The van der Waals surface area contributed by atoms with E-state index in [4.69, 9.17) is 0 Å². The lowest BCUT2D eigenvalue weighted by molar-refractivity contribution is 0.225. The van der Waals surface area contributed by atoms with E-state index in [2.05, 4.69) is 31.0 Å². The first-order valence-corrected chi connectivity index (χ1v) is 7.13. The van der Waals surface area contributed by atoms with Crippen molar-refractivity contribution in [3.05, 3.63) is 0 Å². The normalized spacial score (nSPS) is 20.2. The largest absolute Gasteiger partial charge is 0.316 e. The number of nitrogens with one attached hydrogen (secondary N) is 1. The summed E-state index contributed by atoms with van der Waals surface area (Å²) in [4.78, 5) is 2.62. The molecule has 16 heavy (non-hydrogen) atoms. The highest BCUT2D eigenvalue weighted by Crippen LogP contribution is 2.09. The van der Waals surface area contributed by atoms with E-state index >= 15 is 0 Å². The zero-order valence-electron chi connectivity index (χ0n) is 11.5. The summed E-state index contributed by atoms with van der Waals surface area (Å²) in [6.07, 6.45) is 5.58. The Morgan fingerprint density at radius 3 is 2.38 bits per heavy atom. The van der Waals surface area contributed by atoms with Gasteiger partial charge in [0.15, 0.2) is 0 Å². The Hall–Kier alpha value is -0.0800. The predicted octanol–water partition coefficient (Wildman–Crippen LogP) is 2.74. The summed E-state index contributed by atoms with van der Waals surface area (Å²) in [5, 5.41) is 3.58. The summed E-state index contributed by atoms with van der Waals surface area (Å²) < 4.78 is 0. The molecule has 0 aromatic rings. The molecule has 1 rings (SSSR count). The molecular weight excluding hydrogens is 196 g/mol. The summed E-state index contributed by atoms with van der Waals surface area (Å²) in [7, 11) is 0. The van der Waals surface area contributed by atoms with Crippen molar-refractivity contribution in [3.8, 4) is 0 Å². The highest BCUT2D eigenvalue weighted by Gasteiger charge is 2.09. The van der Waals surface area contributed by atoms with Gasteiger partial charge in [-0.15, -0.1) is 0 Å². The third-order valence-corrected chi connectivity index (χ3v) is 3.88. The number of rotatable bonds is 7. The highest BCUT2D eigenvalue weighted by atomic mass is 15.1. The van der Waals surface area contributed by atoms with Gasteiger partial charge in [-0.1, -0.05) is 27.2 Å². The highest BCUT2D eigenvalue weighted by molar-refractivity contribution is 4.65. The minimum absolute atomic E-state index is 0.801.